The number of hydrogen-bond acceptors (Lipinski definition) is 5. The fourth-order valence-electron chi connectivity index (χ4n) is 2.27. The molecule has 1 aliphatic rings. The largest absolute Gasteiger partial charge is 0.497 e. The molecule has 23 heavy (non-hydrogen) atoms. The van der Waals surface area contributed by atoms with E-state index in [1.807, 2.05) is 29.6 Å². The zero-order valence-electron chi connectivity index (χ0n) is 12.9. The van der Waals surface area contributed by atoms with Crippen molar-refractivity contribution in [1.29, 1.82) is 0 Å². The molecule has 5 nitrogen and oxygen atoms in total. The molecule has 0 aliphatic carbocycles. The molecule has 2 heterocycles. The van der Waals surface area contributed by atoms with E-state index in [0.29, 0.717) is 26.3 Å². The highest BCUT2D eigenvalue weighted by Crippen LogP contribution is 2.26. The van der Waals surface area contributed by atoms with Gasteiger partial charge in [0.15, 0.2) is 0 Å². The van der Waals surface area contributed by atoms with Crippen LogP contribution in [0.2, 0.25) is 0 Å². The summed E-state index contributed by atoms with van der Waals surface area (Å²) in [5.41, 5.74) is 1.83. The van der Waals surface area contributed by atoms with Gasteiger partial charge in [-0.15, -0.1) is 11.3 Å². The maximum atomic E-state index is 12.1. The number of amides is 1. The molecule has 1 saturated heterocycles. The second-order valence-corrected chi connectivity index (χ2v) is 5.94. The molecule has 0 atom stereocenters. The van der Waals surface area contributed by atoms with Crippen molar-refractivity contribution in [2.24, 2.45) is 0 Å². The van der Waals surface area contributed by atoms with Crippen molar-refractivity contribution in [1.82, 2.24) is 9.88 Å². The van der Waals surface area contributed by atoms with Crippen molar-refractivity contribution < 1.29 is 14.3 Å². The van der Waals surface area contributed by atoms with E-state index >= 15 is 0 Å². The lowest BCUT2D eigenvalue weighted by atomic mass is 10.2. The van der Waals surface area contributed by atoms with E-state index in [1.165, 1.54) is 0 Å². The van der Waals surface area contributed by atoms with Gasteiger partial charge in [0, 0.05) is 30.1 Å². The lowest BCUT2D eigenvalue weighted by Gasteiger charge is -2.25. The Morgan fingerprint density at radius 1 is 1.30 bits per heavy atom. The summed E-state index contributed by atoms with van der Waals surface area (Å²) in [7, 11) is 1.65. The lowest BCUT2D eigenvalue weighted by molar-refractivity contribution is -0.129. The number of thiazole rings is 1. The summed E-state index contributed by atoms with van der Waals surface area (Å²) >= 11 is 1.56. The van der Waals surface area contributed by atoms with E-state index in [-0.39, 0.29) is 5.91 Å². The van der Waals surface area contributed by atoms with E-state index in [2.05, 4.69) is 4.98 Å². The molecular formula is C17H18N2O3S. The molecule has 0 saturated carbocycles. The zero-order chi connectivity index (χ0) is 16.1. The van der Waals surface area contributed by atoms with Gasteiger partial charge < -0.3 is 14.4 Å². The van der Waals surface area contributed by atoms with Crippen LogP contribution in [-0.2, 0) is 9.53 Å². The van der Waals surface area contributed by atoms with Crippen molar-refractivity contribution in [2.75, 3.05) is 33.4 Å². The van der Waals surface area contributed by atoms with Gasteiger partial charge in [-0.3, -0.25) is 4.79 Å². The van der Waals surface area contributed by atoms with Gasteiger partial charge in [0.05, 0.1) is 26.0 Å². The van der Waals surface area contributed by atoms with Crippen molar-refractivity contribution in [3.05, 3.63) is 41.4 Å². The Balaban J connectivity index is 1.66. The minimum absolute atomic E-state index is 0.00676. The van der Waals surface area contributed by atoms with Crippen LogP contribution in [0, 0.1) is 0 Å². The highest BCUT2D eigenvalue weighted by Gasteiger charge is 2.14. The first-order valence-corrected chi connectivity index (χ1v) is 8.29. The van der Waals surface area contributed by atoms with Crippen molar-refractivity contribution in [3.8, 4) is 16.3 Å². The molecule has 1 amide bonds. The van der Waals surface area contributed by atoms with E-state index in [9.17, 15) is 4.79 Å². The minimum atomic E-state index is 0.00676. The first kappa shape index (κ1) is 15.7. The number of morpholine rings is 1. The SMILES string of the molecule is COc1ccc(-c2nc(C=CC(=O)N3CCOCC3)cs2)cc1. The van der Waals surface area contributed by atoms with E-state index in [1.54, 1.807) is 35.5 Å². The number of methoxy groups -OCH3 is 1. The third kappa shape index (κ3) is 3.97. The molecule has 0 N–H and O–H groups in total. The molecule has 6 heteroatoms. The maximum absolute atomic E-state index is 12.1. The highest BCUT2D eigenvalue weighted by atomic mass is 32.1. The number of aromatic nitrogens is 1. The number of carbonyl (C=O) groups excluding carboxylic acids is 1. The minimum Gasteiger partial charge on any atom is -0.497 e. The maximum Gasteiger partial charge on any atom is 0.246 e. The predicted octanol–water partition coefficient (Wildman–Crippen LogP) is 2.69. The molecular weight excluding hydrogens is 312 g/mol. The Labute approximate surface area is 139 Å². The Hall–Kier alpha value is -2.18. The Kier molecular flexibility index (Phi) is 5.05. The lowest BCUT2D eigenvalue weighted by Crippen LogP contribution is -2.39. The van der Waals surface area contributed by atoms with Crippen LogP contribution in [0.1, 0.15) is 5.69 Å². The summed E-state index contributed by atoms with van der Waals surface area (Å²) in [6, 6.07) is 7.77. The standard InChI is InChI=1S/C17H18N2O3S/c1-21-15-5-2-13(3-6-15)17-18-14(12-23-17)4-7-16(20)19-8-10-22-11-9-19/h2-7,12H,8-11H2,1H3. The molecule has 1 aromatic heterocycles. The average Bonchev–Trinajstić information content (AvgIpc) is 3.09. The van der Waals surface area contributed by atoms with Gasteiger partial charge in [-0.1, -0.05) is 0 Å². The fraction of sp³-hybridized carbons (Fsp3) is 0.294. The second-order valence-electron chi connectivity index (χ2n) is 5.08. The van der Waals surface area contributed by atoms with E-state index in [4.69, 9.17) is 9.47 Å². The van der Waals surface area contributed by atoms with Crippen LogP contribution in [0.25, 0.3) is 16.6 Å². The third-order valence-corrected chi connectivity index (χ3v) is 4.49. The summed E-state index contributed by atoms with van der Waals surface area (Å²) in [5.74, 6) is 0.828. The van der Waals surface area contributed by atoms with Gasteiger partial charge in [-0.05, 0) is 30.3 Å². The topological polar surface area (TPSA) is 51.7 Å². The van der Waals surface area contributed by atoms with Crippen LogP contribution in [0.4, 0.5) is 0 Å². The summed E-state index contributed by atoms with van der Waals surface area (Å²) in [6.45, 7) is 2.52. The van der Waals surface area contributed by atoms with Crippen LogP contribution >= 0.6 is 11.3 Å². The summed E-state index contributed by atoms with van der Waals surface area (Å²) in [6.07, 6.45) is 3.35. The Morgan fingerprint density at radius 2 is 2.04 bits per heavy atom. The van der Waals surface area contributed by atoms with Crippen LogP contribution in [-0.4, -0.2) is 49.2 Å². The molecule has 0 radical (unpaired) electrons. The monoisotopic (exact) mass is 330 g/mol. The Morgan fingerprint density at radius 3 is 2.74 bits per heavy atom. The molecule has 120 valence electrons. The van der Waals surface area contributed by atoms with Gasteiger partial charge in [0.25, 0.3) is 0 Å². The van der Waals surface area contributed by atoms with E-state index in [0.717, 1.165) is 22.0 Å². The van der Waals surface area contributed by atoms with E-state index < -0.39 is 0 Å². The average molecular weight is 330 g/mol. The second kappa shape index (κ2) is 7.39. The molecule has 0 spiro atoms. The molecule has 1 fully saturated rings. The molecule has 2 aromatic rings. The molecule has 1 aliphatic heterocycles. The zero-order valence-corrected chi connectivity index (χ0v) is 13.7. The molecule has 3 rings (SSSR count). The van der Waals surface area contributed by atoms with Crippen LogP contribution in [0.5, 0.6) is 5.75 Å². The van der Waals surface area contributed by atoms with Gasteiger partial charge in [-0.25, -0.2) is 4.98 Å². The predicted molar refractivity (Wildman–Crippen MR) is 90.5 cm³/mol. The van der Waals surface area contributed by atoms with Crippen LogP contribution < -0.4 is 4.74 Å². The van der Waals surface area contributed by atoms with Gasteiger partial charge in [-0.2, -0.15) is 0 Å². The first-order chi connectivity index (χ1) is 11.3. The summed E-state index contributed by atoms with van der Waals surface area (Å²) in [4.78, 5) is 18.4. The summed E-state index contributed by atoms with van der Waals surface area (Å²) in [5, 5.41) is 2.87. The quantitative estimate of drug-likeness (QED) is 0.809. The number of benzene rings is 1. The van der Waals surface area contributed by atoms with Gasteiger partial charge in [0.1, 0.15) is 10.8 Å². The van der Waals surface area contributed by atoms with Crippen molar-refractivity contribution in [3.63, 3.8) is 0 Å². The molecule has 0 bridgehead atoms. The third-order valence-electron chi connectivity index (χ3n) is 3.58. The van der Waals surface area contributed by atoms with Crippen LogP contribution in [0.3, 0.4) is 0 Å². The number of ether oxygens (including phenoxy) is 2. The number of rotatable bonds is 4. The van der Waals surface area contributed by atoms with Crippen LogP contribution in [0.15, 0.2) is 35.7 Å². The molecule has 0 unspecified atom stereocenters. The first-order valence-electron chi connectivity index (χ1n) is 7.41. The van der Waals surface area contributed by atoms with Gasteiger partial charge in [0.2, 0.25) is 5.91 Å². The number of carbonyl (C=O) groups is 1. The fourth-order valence-corrected chi connectivity index (χ4v) is 3.07. The highest BCUT2D eigenvalue weighted by molar-refractivity contribution is 7.13. The normalized spacial score (nSPS) is 15.1. The van der Waals surface area contributed by atoms with Crippen molar-refractivity contribution >= 4 is 23.3 Å². The Bertz CT molecular complexity index is 688. The smallest absolute Gasteiger partial charge is 0.246 e. The molecule has 1 aromatic carbocycles. The van der Waals surface area contributed by atoms with Gasteiger partial charge >= 0.3 is 0 Å². The summed E-state index contributed by atoms with van der Waals surface area (Å²) < 4.78 is 10.4. The van der Waals surface area contributed by atoms with Crippen molar-refractivity contribution in [2.45, 2.75) is 0 Å². The number of hydrogen-bond donors (Lipinski definition) is 0. The number of nitrogens with zero attached hydrogens (tertiary/aromatic N) is 2.